The predicted octanol–water partition coefficient (Wildman–Crippen LogP) is 4.68. The van der Waals surface area contributed by atoms with Crippen molar-refractivity contribution in [2.45, 2.75) is 0 Å². The molecule has 0 saturated heterocycles. The van der Waals surface area contributed by atoms with Crippen molar-refractivity contribution in [1.82, 2.24) is 0 Å². The molecule has 0 aliphatic rings. The van der Waals surface area contributed by atoms with Crippen molar-refractivity contribution >= 4 is 28.7 Å². The zero-order valence-electron chi connectivity index (χ0n) is 10.5. The Morgan fingerprint density at radius 1 is 0.900 bits per heavy atom. The molecule has 98 valence electrons. The predicted molar refractivity (Wildman–Crippen MR) is 81.4 cm³/mol. The fourth-order valence-electron chi connectivity index (χ4n) is 2.24. The van der Waals surface area contributed by atoms with Crippen molar-refractivity contribution in [2.75, 3.05) is 0 Å². The van der Waals surface area contributed by atoms with Crippen LogP contribution >= 0.6 is 11.6 Å². The van der Waals surface area contributed by atoms with E-state index in [9.17, 15) is 9.90 Å². The molecule has 0 bridgehead atoms. The number of aldehydes is 1. The summed E-state index contributed by atoms with van der Waals surface area (Å²) in [5.74, 6) is 0.148. The van der Waals surface area contributed by atoms with Crippen molar-refractivity contribution in [3.05, 3.63) is 65.2 Å². The zero-order valence-corrected chi connectivity index (χ0v) is 11.3. The van der Waals surface area contributed by atoms with Crippen LogP contribution in [0.3, 0.4) is 0 Å². The van der Waals surface area contributed by atoms with Crippen LogP contribution < -0.4 is 0 Å². The van der Waals surface area contributed by atoms with Crippen LogP contribution in [0.15, 0.2) is 54.6 Å². The van der Waals surface area contributed by atoms with Crippen molar-refractivity contribution in [2.24, 2.45) is 0 Å². The Morgan fingerprint density at radius 3 is 2.40 bits per heavy atom. The van der Waals surface area contributed by atoms with Gasteiger partial charge in [0, 0.05) is 11.1 Å². The van der Waals surface area contributed by atoms with Gasteiger partial charge in [-0.2, -0.15) is 0 Å². The van der Waals surface area contributed by atoms with Crippen LogP contribution in [-0.2, 0) is 0 Å². The molecule has 0 aromatic heterocycles. The smallest absolute Gasteiger partial charge is 0.150 e. The van der Waals surface area contributed by atoms with Gasteiger partial charge in [-0.3, -0.25) is 4.79 Å². The van der Waals surface area contributed by atoms with Crippen LogP contribution in [0.4, 0.5) is 0 Å². The lowest BCUT2D eigenvalue weighted by Gasteiger charge is -2.07. The van der Waals surface area contributed by atoms with Gasteiger partial charge in [0.1, 0.15) is 12.0 Å². The molecule has 20 heavy (non-hydrogen) atoms. The Bertz CT molecular complexity index is 809. The third kappa shape index (κ3) is 2.26. The van der Waals surface area contributed by atoms with Gasteiger partial charge in [0.15, 0.2) is 0 Å². The van der Waals surface area contributed by atoms with Crippen molar-refractivity contribution in [3.8, 4) is 16.9 Å². The number of carbonyl (C=O) groups is 1. The first-order valence-corrected chi connectivity index (χ1v) is 6.53. The third-order valence-electron chi connectivity index (χ3n) is 3.26. The molecule has 3 aromatic carbocycles. The fraction of sp³-hybridized carbons (Fsp3) is 0. The first-order chi connectivity index (χ1) is 9.67. The molecular weight excluding hydrogens is 272 g/mol. The Balaban J connectivity index is 2.15. The summed E-state index contributed by atoms with van der Waals surface area (Å²) >= 11 is 6.16. The lowest BCUT2D eigenvalue weighted by Crippen LogP contribution is -1.83. The van der Waals surface area contributed by atoms with E-state index in [1.807, 2.05) is 30.3 Å². The van der Waals surface area contributed by atoms with Gasteiger partial charge in [-0.05, 0) is 46.7 Å². The summed E-state index contributed by atoms with van der Waals surface area (Å²) < 4.78 is 0. The number of phenols is 1. The van der Waals surface area contributed by atoms with Crippen LogP contribution in [0.5, 0.6) is 5.75 Å². The van der Waals surface area contributed by atoms with Gasteiger partial charge in [-0.15, -0.1) is 0 Å². The topological polar surface area (TPSA) is 37.3 Å². The highest BCUT2D eigenvalue weighted by atomic mass is 35.5. The lowest BCUT2D eigenvalue weighted by molar-refractivity contribution is 0.112. The minimum Gasteiger partial charge on any atom is -0.508 e. The second-order valence-corrected chi connectivity index (χ2v) is 5.01. The Labute approximate surface area is 121 Å². The van der Waals surface area contributed by atoms with E-state index < -0.39 is 0 Å². The number of carbonyl (C=O) groups excluding carboxylic acids is 1. The van der Waals surface area contributed by atoms with Crippen LogP contribution in [-0.4, -0.2) is 11.4 Å². The summed E-state index contributed by atoms with van der Waals surface area (Å²) in [7, 11) is 0. The van der Waals surface area contributed by atoms with E-state index >= 15 is 0 Å². The molecule has 3 aromatic rings. The quantitative estimate of drug-likeness (QED) is 0.693. The number of rotatable bonds is 2. The number of benzene rings is 3. The molecule has 2 nitrogen and oxygen atoms in total. The van der Waals surface area contributed by atoms with Crippen molar-refractivity contribution in [3.63, 3.8) is 0 Å². The van der Waals surface area contributed by atoms with Gasteiger partial charge in [0.25, 0.3) is 0 Å². The van der Waals surface area contributed by atoms with Crippen LogP contribution in [0.2, 0.25) is 5.02 Å². The van der Waals surface area contributed by atoms with Crippen LogP contribution in [0.1, 0.15) is 10.4 Å². The normalized spacial score (nSPS) is 10.7. The average Bonchev–Trinajstić information content (AvgIpc) is 2.46. The van der Waals surface area contributed by atoms with Gasteiger partial charge >= 0.3 is 0 Å². The Kier molecular flexibility index (Phi) is 3.17. The highest BCUT2D eigenvalue weighted by molar-refractivity contribution is 6.33. The number of aromatic hydroxyl groups is 1. The van der Waals surface area contributed by atoms with E-state index in [0.717, 1.165) is 28.2 Å². The third-order valence-corrected chi connectivity index (χ3v) is 3.58. The molecule has 0 saturated carbocycles. The average molecular weight is 283 g/mol. The van der Waals surface area contributed by atoms with Crippen molar-refractivity contribution in [1.29, 1.82) is 0 Å². The highest BCUT2D eigenvalue weighted by Crippen LogP contribution is 2.32. The summed E-state index contributed by atoms with van der Waals surface area (Å²) in [6.07, 6.45) is 0.837. The molecule has 1 N–H and O–H groups in total. The molecule has 0 spiro atoms. The minimum atomic E-state index is 0.148. The highest BCUT2D eigenvalue weighted by Gasteiger charge is 2.05. The SMILES string of the molecule is O=Cc1ccc2cc(-c3ccc(O)cc3Cl)ccc2c1. The molecule has 0 amide bonds. The van der Waals surface area contributed by atoms with Crippen LogP contribution in [0, 0.1) is 0 Å². The number of fused-ring (bicyclic) bond motifs is 1. The van der Waals surface area contributed by atoms with E-state index in [0.29, 0.717) is 10.6 Å². The van der Waals surface area contributed by atoms with Crippen LogP contribution in [0.25, 0.3) is 21.9 Å². The maximum absolute atomic E-state index is 10.8. The first-order valence-electron chi connectivity index (χ1n) is 6.15. The summed E-state index contributed by atoms with van der Waals surface area (Å²) in [5, 5.41) is 12.0. The molecule has 0 aliphatic heterocycles. The van der Waals surface area contributed by atoms with E-state index in [1.54, 1.807) is 18.2 Å². The molecule has 0 atom stereocenters. The molecule has 0 aliphatic carbocycles. The second-order valence-electron chi connectivity index (χ2n) is 4.60. The Morgan fingerprint density at radius 2 is 1.65 bits per heavy atom. The minimum absolute atomic E-state index is 0.148. The number of hydrogen-bond acceptors (Lipinski definition) is 2. The largest absolute Gasteiger partial charge is 0.508 e. The maximum atomic E-state index is 10.8. The van der Waals surface area contributed by atoms with E-state index in [-0.39, 0.29) is 5.75 Å². The lowest BCUT2D eigenvalue weighted by atomic mass is 10.00. The fourth-order valence-corrected chi connectivity index (χ4v) is 2.53. The molecule has 0 fully saturated rings. The van der Waals surface area contributed by atoms with Gasteiger partial charge in [0.05, 0.1) is 5.02 Å². The Hall–Kier alpha value is -2.32. The molecule has 3 rings (SSSR count). The molecule has 0 radical (unpaired) electrons. The zero-order chi connectivity index (χ0) is 14.1. The van der Waals surface area contributed by atoms with Gasteiger partial charge in [0.2, 0.25) is 0 Å². The molecule has 3 heteroatoms. The van der Waals surface area contributed by atoms with Gasteiger partial charge in [-0.1, -0.05) is 35.9 Å². The monoisotopic (exact) mass is 282 g/mol. The van der Waals surface area contributed by atoms with E-state index in [4.69, 9.17) is 11.6 Å². The van der Waals surface area contributed by atoms with Gasteiger partial charge in [-0.25, -0.2) is 0 Å². The summed E-state index contributed by atoms with van der Waals surface area (Å²) in [6.45, 7) is 0. The number of phenolic OH excluding ortho intramolecular Hbond substituents is 1. The molecule has 0 heterocycles. The summed E-state index contributed by atoms with van der Waals surface area (Å²) in [4.78, 5) is 10.8. The second kappa shape index (κ2) is 4.99. The van der Waals surface area contributed by atoms with Crippen molar-refractivity contribution < 1.29 is 9.90 Å². The summed E-state index contributed by atoms with van der Waals surface area (Å²) in [6, 6.07) is 16.4. The molecule has 0 unspecified atom stereocenters. The number of hydrogen-bond donors (Lipinski definition) is 1. The maximum Gasteiger partial charge on any atom is 0.150 e. The molecular formula is C17H11ClO2. The summed E-state index contributed by atoms with van der Waals surface area (Å²) in [5.41, 5.74) is 2.50. The van der Waals surface area contributed by atoms with Gasteiger partial charge < -0.3 is 5.11 Å². The first kappa shape index (κ1) is 12.7. The number of halogens is 1. The van der Waals surface area contributed by atoms with E-state index in [2.05, 4.69) is 0 Å². The van der Waals surface area contributed by atoms with E-state index in [1.165, 1.54) is 6.07 Å². The standard InChI is InChI=1S/C17H11ClO2/c18-17-9-15(20)5-6-16(17)14-4-3-12-7-11(10-19)1-2-13(12)8-14/h1-10,20H.